The predicted molar refractivity (Wildman–Crippen MR) is 98.7 cm³/mol. The normalized spacial score (nSPS) is 11.8. The van der Waals surface area contributed by atoms with Crippen molar-refractivity contribution in [2.75, 3.05) is 10.7 Å². The van der Waals surface area contributed by atoms with Gasteiger partial charge in [0.2, 0.25) is 0 Å². The maximum absolute atomic E-state index is 6.00. The third kappa shape index (κ3) is 5.69. The first-order valence-corrected chi connectivity index (χ1v) is 10.2. The van der Waals surface area contributed by atoms with Crippen molar-refractivity contribution in [3.63, 3.8) is 0 Å². The minimum atomic E-state index is 0.190. The highest BCUT2D eigenvalue weighted by Crippen LogP contribution is 2.35. The zero-order chi connectivity index (χ0) is 14.8. The molecule has 0 atom stereocenters. The summed E-state index contributed by atoms with van der Waals surface area (Å²) in [7, 11) is 0. The van der Waals surface area contributed by atoms with Gasteiger partial charge in [-0.25, -0.2) is 0 Å². The molecule has 0 saturated carbocycles. The molecule has 0 unspecified atom stereocenters. The van der Waals surface area contributed by atoms with Gasteiger partial charge >= 0.3 is 0 Å². The van der Waals surface area contributed by atoms with Crippen LogP contribution in [0.15, 0.2) is 24.3 Å². The van der Waals surface area contributed by atoms with Crippen LogP contribution in [0.25, 0.3) is 0 Å². The Balaban J connectivity index is 2.56. The van der Waals surface area contributed by atoms with Crippen molar-refractivity contribution in [2.24, 2.45) is 0 Å². The summed E-state index contributed by atoms with van der Waals surface area (Å²) in [6, 6.07) is 8.33. The Kier molecular flexibility index (Phi) is 9.48. The van der Waals surface area contributed by atoms with E-state index < -0.39 is 0 Å². The van der Waals surface area contributed by atoms with E-state index in [1.54, 1.807) is 0 Å². The van der Waals surface area contributed by atoms with Crippen molar-refractivity contribution in [3.8, 4) is 0 Å². The van der Waals surface area contributed by atoms with Gasteiger partial charge in [-0.05, 0) is 24.1 Å². The van der Waals surface area contributed by atoms with E-state index in [0.717, 1.165) is 15.7 Å². The first kappa shape index (κ1) is 18.5. The lowest BCUT2D eigenvalue weighted by atomic mass is 9.80. The Hall–Kier alpha value is 0.470. The molecule has 0 saturated heterocycles. The van der Waals surface area contributed by atoms with Gasteiger partial charge in [0.25, 0.3) is 0 Å². The molecular weight excluding hydrogens is 399 g/mol. The van der Waals surface area contributed by atoms with Crippen LogP contribution in [0.5, 0.6) is 0 Å². The Labute approximate surface area is 145 Å². The van der Waals surface area contributed by atoms with Crippen molar-refractivity contribution >= 4 is 43.5 Å². The summed E-state index contributed by atoms with van der Waals surface area (Å²) in [6.45, 7) is 2.27. The molecule has 0 aliphatic carbocycles. The summed E-state index contributed by atoms with van der Waals surface area (Å²) in [5, 5.41) is 2.79. The highest BCUT2D eigenvalue weighted by molar-refractivity contribution is 9.09. The molecule has 0 fully saturated rings. The molecule has 1 aromatic rings. The molecule has 0 bridgehead atoms. The predicted octanol–water partition coefficient (Wildman–Crippen LogP) is 7.12. The Morgan fingerprint density at radius 3 is 2.00 bits per heavy atom. The zero-order valence-electron chi connectivity index (χ0n) is 12.3. The lowest BCUT2D eigenvalue weighted by Crippen LogP contribution is -2.30. The molecule has 114 valence electrons. The summed E-state index contributed by atoms with van der Waals surface area (Å²) in [5.41, 5.74) is 1.57. The van der Waals surface area contributed by atoms with E-state index in [-0.39, 0.29) is 5.41 Å². The summed E-state index contributed by atoms with van der Waals surface area (Å²) >= 11 is 13.4. The second-order valence-electron chi connectivity index (χ2n) is 5.57. The Morgan fingerprint density at radius 2 is 1.45 bits per heavy atom. The largest absolute Gasteiger partial charge is 0.0918 e. The number of unbranched alkanes of at least 4 members (excludes halogenated alkanes) is 5. The Morgan fingerprint density at radius 1 is 0.900 bits per heavy atom. The molecule has 0 nitrogen and oxygen atoms in total. The summed E-state index contributed by atoms with van der Waals surface area (Å²) in [4.78, 5) is 0. The van der Waals surface area contributed by atoms with Gasteiger partial charge in [-0.15, -0.1) is 0 Å². The minimum Gasteiger partial charge on any atom is -0.0918 e. The Bertz CT molecular complexity index is 358. The number of rotatable bonds is 10. The highest BCUT2D eigenvalue weighted by atomic mass is 79.9. The van der Waals surface area contributed by atoms with Crippen molar-refractivity contribution in [1.82, 2.24) is 0 Å². The lowest BCUT2D eigenvalue weighted by molar-refractivity contribution is 0.461. The number of alkyl halides is 2. The minimum absolute atomic E-state index is 0.190. The maximum Gasteiger partial charge on any atom is 0.0406 e. The van der Waals surface area contributed by atoms with Gasteiger partial charge < -0.3 is 0 Å². The first-order valence-electron chi connectivity index (χ1n) is 7.56. The molecule has 0 heterocycles. The molecule has 0 aliphatic heterocycles. The summed E-state index contributed by atoms with van der Waals surface area (Å²) < 4.78 is 0. The quantitative estimate of drug-likeness (QED) is 0.277. The fraction of sp³-hybridized carbons (Fsp3) is 0.647. The summed E-state index contributed by atoms with van der Waals surface area (Å²) in [5.74, 6) is 0. The second-order valence-corrected chi connectivity index (χ2v) is 7.13. The number of benzene rings is 1. The van der Waals surface area contributed by atoms with E-state index in [1.165, 1.54) is 50.5 Å². The van der Waals surface area contributed by atoms with Gasteiger partial charge in [0.15, 0.2) is 0 Å². The van der Waals surface area contributed by atoms with E-state index >= 15 is 0 Å². The lowest BCUT2D eigenvalue weighted by Gasteiger charge is -2.31. The molecule has 0 amide bonds. The van der Waals surface area contributed by atoms with Gasteiger partial charge in [-0.3, -0.25) is 0 Å². The smallest absolute Gasteiger partial charge is 0.0406 e. The van der Waals surface area contributed by atoms with Gasteiger partial charge in [-0.1, -0.05) is 101 Å². The molecule has 20 heavy (non-hydrogen) atoms. The van der Waals surface area contributed by atoms with Crippen LogP contribution in [0.4, 0.5) is 0 Å². The molecular formula is C17H25Br2Cl. The fourth-order valence-corrected chi connectivity index (χ4v) is 4.78. The van der Waals surface area contributed by atoms with Gasteiger partial charge in [0.1, 0.15) is 0 Å². The van der Waals surface area contributed by atoms with E-state index in [9.17, 15) is 0 Å². The number of hydrogen-bond donors (Lipinski definition) is 0. The number of halogens is 3. The van der Waals surface area contributed by atoms with Crippen molar-refractivity contribution in [1.29, 1.82) is 0 Å². The van der Waals surface area contributed by atoms with Crippen molar-refractivity contribution in [2.45, 2.75) is 57.3 Å². The van der Waals surface area contributed by atoms with Crippen LogP contribution < -0.4 is 0 Å². The van der Waals surface area contributed by atoms with E-state index in [4.69, 9.17) is 11.6 Å². The standard InChI is InChI=1S/C17H25Br2Cl/c1-2-3-4-5-6-7-12-17(13-18,14-19)15-8-10-16(20)11-9-15/h8-11H,2-7,12-14H2,1H3. The number of hydrogen-bond acceptors (Lipinski definition) is 0. The summed E-state index contributed by atoms with van der Waals surface area (Å²) in [6.07, 6.45) is 9.30. The van der Waals surface area contributed by atoms with Gasteiger partial charge in [0.05, 0.1) is 0 Å². The van der Waals surface area contributed by atoms with Crippen LogP contribution in [0.3, 0.4) is 0 Å². The molecule has 1 aromatic carbocycles. The van der Waals surface area contributed by atoms with Crippen LogP contribution in [-0.2, 0) is 5.41 Å². The molecule has 0 radical (unpaired) electrons. The monoisotopic (exact) mass is 422 g/mol. The van der Waals surface area contributed by atoms with Crippen molar-refractivity contribution in [3.05, 3.63) is 34.9 Å². The average molecular weight is 425 g/mol. The van der Waals surface area contributed by atoms with Gasteiger partial charge in [-0.2, -0.15) is 0 Å². The zero-order valence-corrected chi connectivity index (χ0v) is 16.2. The highest BCUT2D eigenvalue weighted by Gasteiger charge is 2.29. The average Bonchev–Trinajstić information content (AvgIpc) is 2.48. The van der Waals surface area contributed by atoms with Crippen LogP contribution in [0.2, 0.25) is 5.02 Å². The third-order valence-corrected chi connectivity index (χ3v) is 6.38. The molecule has 1 rings (SSSR count). The molecule has 0 aromatic heterocycles. The third-order valence-electron chi connectivity index (χ3n) is 3.98. The maximum atomic E-state index is 6.00. The van der Waals surface area contributed by atoms with E-state index in [1.807, 2.05) is 12.1 Å². The topological polar surface area (TPSA) is 0 Å². The van der Waals surface area contributed by atoms with E-state index in [2.05, 4.69) is 50.9 Å². The second kappa shape index (κ2) is 10.2. The van der Waals surface area contributed by atoms with Crippen molar-refractivity contribution < 1.29 is 0 Å². The molecule has 0 spiro atoms. The van der Waals surface area contributed by atoms with Crippen LogP contribution in [0.1, 0.15) is 57.4 Å². The van der Waals surface area contributed by atoms with Crippen LogP contribution >= 0.6 is 43.5 Å². The van der Waals surface area contributed by atoms with Crippen LogP contribution in [-0.4, -0.2) is 10.7 Å². The van der Waals surface area contributed by atoms with E-state index in [0.29, 0.717) is 0 Å². The fourth-order valence-electron chi connectivity index (χ4n) is 2.52. The molecule has 0 aliphatic rings. The SMILES string of the molecule is CCCCCCCCC(CBr)(CBr)c1ccc(Cl)cc1. The molecule has 0 N–H and O–H groups in total. The van der Waals surface area contributed by atoms with Gasteiger partial charge in [0, 0.05) is 21.1 Å². The first-order chi connectivity index (χ1) is 9.68. The molecule has 3 heteroatoms. The van der Waals surface area contributed by atoms with Crippen LogP contribution in [0, 0.1) is 0 Å².